The summed E-state index contributed by atoms with van der Waals surface area (Å²) in [7, 11) is 2.12. The van der Waals surface area contributed by atoms with Gasteiger partial charge in [-0.15, -0.1) is 0 Å². The first-order valence-electron chi connectivity index (χ1n) is 13.0. The number of ketones is 1. The molecule has 1 heterocycles. The van der Waals surface area contributed by atoms with E-state index in [-0.39, 0.29) is 16.8 Å². The van der Waals surface area contributed by atoms with Crippen molar-refractivity contribution in [2.24, 2.45) is 0 Å². The van der Waals surface area contributed by atoms with Gasteiger partial charge in [-0.25, -0.2) is 4.79 Å². The van der Waals surface area contributed by atoms with E-state index < -0.39 is 5.97 Å². The van der Waals surface area contributed by atoms with E-state index in [2.05, 4.69) is 49.8 Å². The number of likely N-dealkylation sites (N-methyl/N-ethyl adjacent to an activating group) is 1. The van der Waals surface area contributed by atoms with Crippen LogP contribution < -0.4 is 9.64 Å². The van der Waals surface area contributed by atoms with Gasteiger partial charge in [0, 0.05) is 37.3 Å². The van der Waals surface area contributed by atoms with Crippen LogP contribution in [-0.2, 0) is 12.0 Å². The van der Waals surface area contributed by atoms with Gasteiger partial charge in [0.15, 0.2) is 5.78 Å². The first kappa shape index (κ1) is 27.1. The minimum atomic E-state index is -0.975. The van der Waals surface area contributed by atoms with E-state index in [0.717, 1.165) is 54.3 Å². The predicted octanol–water partition coefficient (Wildman–Crippen LogP) is 5.91. The smallest absolute Gasteiger partial charge is 0.335 e. The third-order valence-electron chi connectivity index (χ3n) is 6.82. The molecule has 6 heteroatoms. The fourth-order valence-corrected chi connectivity index (χ4v) is 4.48. The Balaban J connectivity index is 1.71. The molecule has 0 aliphatic carbocycles. The number of ether oxygens (including phenoxy) is 1. The molecule has 6 nitrogen and oxygen atoms in total. The molecule has 1 saturated heterocycles. The van der Waals surface area contributed by atoms with Gasteiger partial charge in [-0.05, 0) is 53.9 Å². The van der Waals surface area contributed by atoms with Crippen molar-refractivity contribution in [3.05, 3.63) is 101 Å². The van der Waals surface area contributed by atoms with Crippen molar-refractivity contribution in [2.45, 2.75) is 32.8 Å². The van der Waals surface area contributed by atoms with Gasteiger partial charge in [0.25, 0.3) is 0 Å². The van der Waals surface area contributed by atoms with Crippen LogP contribution in [0.25, 0.3) is 6.08 Å². The summed E-state index contributed by atoms with van der Waals surface area (Å²) >= 11 is 0. The van der Waals surface area contributed by atoms with Gasteiger partial charge < -0.3 is 19.6 Å². The maximum atomic E-state index is 13.4. The van der Waals surface area contributed by atoms with E-state index in [4.69, 9.17) is 9.84 Å². The third-order valence-corrected chi connectivity index (χ3v) is 6.82. The summed E-state index contributed by atoms with van der Waals surface area (Å²) in [6.45, 7) is 10.4. The number of allylic oxidation sites excluding steroid dienone is 1. The van der Waals surface area contributed by atoms with Crippen LogP contribution in [0.15, 0.2) is 72.8 Å². The van der Waals surface area contributed by atoms with Gasteiger partial charge in [0.2, 0.25) is 0 Å². The standard InChI is InChI=1S/C32H36N2O4/c1-32(2,3)27-20-26(29(35)15-12-23-10-13-25(14-11-23)31(36)37)21-28(34-18-16-33(4)17-19-34)30(27)38-22-24-8-6-5-7-9-24/h5-15,20-21H,16-19,22H2,1-4H3,(H,36,37). The van der Waals surface area contributed by atoms with Crippen molar-refractivity contribution in [3.8, 4) is 5.75 Å². The number of anilines is 1. The van der Waals surface area contributed by atoms with Gasteiger partial charge in [0.1, 0.15) is 12.4 Å². The van der Waals surface area contributed by atoms with E-state index >= 15 is 0 Å². The normalized spacial score (nSPS) is 14.6. The maximum Gasteiger partial charge on any atom is 0.335 e. The van der Waals surface area contributed by atoms with Crippen LogP contribution in [0.1, 0.15) is 58.2 Å². The summed E-state index contributed by atoms with van der Waals surface area (Å²) in [5.41, 5.74) is 4.37. The summed E-state index contributed by atoms with van der Waals surface area (Å²) in [5, 5.41) is 9.12. The average molecular weight is 513 g/mol. The number of carbonyl (C=O) groups is 2. The van der Waals surface area contributed by atoms with Gasteiger partial charge in [0.05, 0.1) is 11.3 Å². The molecule has 1 N–H and O–H groups in total. The zero-order chi connectivity index (χ0) is 27.3. The summed E-state index contributed by atoms with van der Waals surface area (Å²) in [4.78, 5) is 29.1. The molecule has 0 spiro atoms. The molecule has 0 atom stereocenters. The number of carboxylic acids is 1. The largest absolute Gasteiger partial charge is 0.486 e. The average Bonchev–Trinajstić information content (AvgIpc) is 2.91. The number of piperazine rings is 1. The zero-order valence-electron chi connectivity index (χ0n) is 22.6. The molecule has 1 fully saturated rings. The summed E-state index contributed by atoms with van der Waals surface area (Å²) in [6.07, 6.45) is 3.27. The van der Waals surface area contributed by atoms with Gasteiger partial charge >= 0.3 is 5.97 Å². The second kappa shape index (κ2) is 11.7. The Hall–Kier alpha value is -3.90. The molecule has 0 amide bonds. The molecular weight excluding hydrogens is 476 g/mol. The zero-order valence-corrected chi connectivity index (χ0v) is 22.6. The molecule has 0 radical (unpaired) electrons. The maximum absolute atomic E-state index is 13.4. The molecule has 0 unspecified atom stereocenters. The van der Waals surface area contributed by atoms with E-state index in [1.165, 1.54) is 12.1 Å². The SMILES string of the molecule is CN1CCN(c2cc(C(=O)C=Cc3ccc(C(=O)O)cc3)cc(C(C)(C)C)c2OCc2ccccc2)CC1. The molecular formula is C32H36N2O4. The highest BCUT2D eigenvalue weighted by molar-refractivity contribution is 6.08. The Morgan fingerprint density at radius 2 is 1.58 bits per heavy atom. The lowest BCUT2D eigenvalue weighted by atomic mass is 9.84. The molecule has 38 heavy (non-hydrogen) atoms. The van der Waals surface area contributed by atoms with Crippen molar-refractivity contribution in [2.75, 3.05) is 38.1 Å². The number of rotatable bonds is 8. The van der Waals surface area contributed by atoms with Gasteiger partial charge in [-0.3, -0.25) is 4.79 Å². The number of carbonyl (C=O) groups excluding carboxylic acids is 1. The Labute approximate surface area is 225 Å². The van der Waals surface area contributed by atoms with Crippen molar-refractivity contribution in [1.29, 1.82) is 0 Å². The fourth-order valence-electron chi connectivity index (χ4n) is 4.48. The first-order valence-corrected chi connectivity index (χ1v) is 13.0. The Morgan fingerprint density at radius 3 is 2.18 bits per heavy atom. The number of hydrogen-bond donors (Lipinski definition) is 1. The summed E-state index contributed by atoms with van der Waals surface area (Å²) in [6, 6.07) is 20.5. The molecule has 4 rings (SSSR count). The number of benzene rings is 3. The Kier molecular flexibility index (Phi) is 8.32. The monoisotopic (exact) mass is 512 g/mol. The molecule has 1 aliphatic rings. The number of aromatic carboxylic acids is 1. The van der Waals surface area contributed by atoms with Gasteiger partial charge in [-0.2, -0.15) is 0 Å². The highest BCUT2D eigenvalue weighted by atomic mass is 16.5. The van der Waals surface area contributed by atoms with Crippen molar-refractivity contribution < 1.29 is 19.4 Å². The van der Waals surface area contributed by atoms with Crippen molar-refractivity contribution in [1.82, 2.24) is 4.90 Å². The molecule has 3 aromatic rings. The first-order chi connectivity index (χ1) is 18.1. The van der Waals surface area contributed by atoms with E-state index in [9.17, 15) is 9.59 Å². The van der Waals surface area contributed by atoms with E-state index in [0.29, 0.717) is 12.2 Å². The highest BCUT2D eigenvalue weighted by Crippen LogP contribution is 2.41. The van der Waals surface area contributed by atoms with Crippen molar-refractivity contribution in [3.63, 3.8) is 0 Å². The van der Waals surface area contributed by atoms with Crippen LogP contribution >= 0.6 is 0 Å². The molecule has 3 aromatic carbocycles. The lowest BCUT2D eigenvalue weighted by molar-refractivity contribution is 0.0696. The number of carboxylic acid groups (broad SMARTS) is 1. The number of hydrogen-bond acceptors (Lipinski definition) is 5. The minimum absolute atomic E-state index is 0.109. The Bertz CT molecular complexity index is 1300. The van der Waals surface area contributed by atoms with Gasteiger partial charge in [-0.1, -0.05) is 69.3 Å². The van der Waals surface area contributed by atoms with Crippen LogP contribution in [-0.4, -0.2) is 55.0 Å². The Morgan fingerprint density at radius 1 is 0.921 bits per heavy atom. The van der Waals surface area contributed by atoms with E-state index in [1.54, 1.807) is 24.3 Å². The molecule has 0 aromatic heterocycles. The van der Waals surface area contributed by atoms with Crippen LogP contribution in [0.5, 0.6) is 5.75 Å². The third kappa shape index (κ3) is 6.69. The minimum Gasteiger partial charge on any atom is -0.486 e. The second-order valence-corrected chi connectivity index (χ2v) is 10.8. The lowest BCUT2D eigenvalue weighted by Crippen LogP contribution is -2.44. The van der Waals surface area contributed by atoms with Crippen molar-refractivity contribution >= 4 is 23.5 Å². The van der Waals surface area contributed by atoms with Crippen LogP contribution in [0, 0.1) is 0 Å². The quantitative estimate of drug-likeness (QED) is 0.299. The molecule has 1 aliphatic heterocycles. The fraction of sp³-hybridized carbons (Fsp3) is 0.312. The van der Waals surface area contributed by atoms with E-state index in [1.807, 2.05) is 30.3 Å². The molecule has 0 saturated carbocycles. The molecule has 198 valence electrons. The van der Waals surface area contributed by atoms with Crippen LogP contribution in [0.2, 0.25) is 0 Å². The lowest BCUT2D eigenvalue weighted by Gasteiger charge is -2.36. The predicted molar refractivity (Wildman–Crippen MR) is 152 cm³/mol. The number of nitrogens with zero attached hydrogens (tertiary/aromatic N) is 2. The molecule has 0 bridgehead atoms. The van der Waals surface area contributed by atoms with Crippen LogP contribution in [0.3, 0.4) is 0 Å². The van der Waals surface area contributed by atoms with Crippen LogP contribution in [0.4, 0.5) is 5.69 Å². The summed E-state index contributed by atoms with van der Waals surface area (Å²) < 4.78 is 6.52. The topological polar surface area (TPSA) is 70.1 Å². The second-order valence-electron chi connectivity index (χ2n) is 10.8. The summed E-state index contributed by atoms with van der Waals surface area (Å²) in [5.74, 6) is -0.254. The highest BCUT2D eigenvalue weighted by Gasteiger charge is 2.27.